The number of nitrogens with two attached hydrogens (primary N) is 1. The zero-order chi connectivity index (χ0) is 12.8. The van der Waals surface area contributed by atoms with Gasteiger partial charge in [0.2, 0.25) is 5.91 Å². The monoisotopic (exact) mass is 237 g/mol. The van der Waals surface area contributed by atoms with Crippen molar-refractivity contribution in [2.45, 2.75) is 0 Å². The summed E-state index contributed by atoms with van der Waals surface area (Å²) < 4.78 is 4.63. The fourth-order valence-electron chi connectivity index (χ4n) is 1.30. The molecule has 0 atom stereocenters. The number of rotatable bonds is 4. The summed E-state index contributed by atoms with van der Waals surface area (Å²) in [4.78, 5) is 22.6. The van der Waals surface area contributed by atoms with Gasteiger partial charge in [0, 0.05) is 7.05 Å². The zero-order valence-corrected chi connectivity index (χ0v) is 9.74. The highest BCUT2D eigenvalue weighted by molar-refractivity contribution is 5.99. The van der Waals surface area contributed by atoms with Crippen molar-refractivity contribution in [2.75, 3.05) is 31.8 Å². The largest absolute Gasteiger partial charge is 0.465 e. The van der Waals surface area contributed by atoms with Crippen LogP contribution in [0.1, 0.15) is 10.4 Å². The van der Waals surface area contributed by atoms with Gasteiger partial charge < -0.3 is 21.1 Å². The Bertz CT molecular complexity index is 432. The maximum Gasteiger partial charge on any atom is 0.340 e. The van der Waals surface area contributed by atoms with E-state index in [-0.39, 0.29) is 12.5 Å². The molecule has 0 unspecified atom stereocenters. The average Bonchev–Trinajstić information content (AvgIpc) is 2.35. The Morgan fingerprint density at radius 2 is 2.12 bits per heavy atom. The van der Waals surface area contributed by atoms with Crippen LogP contribution in [-0.4, -0.2) is 32.6 Å². The first-order valence-electron chi connectivity index (χ1n) is 5.01. The van der Waals surface area contributed by atoms with Gasteiger partial charge in [-0.3, -0.25) is 4.79 Å². The lowest BCUT2D eigenvalue weighted by Gasteiger charge is -2.12. The van der Waals surface area contributed by atoms with E-state index >= 15 is 0 Å². The first-order valence-corrected chi connectivity index (χ1v) is 5.01. The Morgan fingerprint density at radius 3 is 2.71 bits per heavy atom. The lowest BCUT2D eigenvalue weighted by Crippen LogP contribution is -2.27. The van der Waals surface area contributed by atoms with Gasteiger partial charge in [0.15, 0.2) is 0 Å². The summed E-state index contributed by atoms with van der Waals surface area (Å²) >= 11 is 0. The number of anilines is 2. The van der Waals surface area contributed by atoms with Gasteiger partial charge in [0.1, 0.15) is 0 Å². The molecule has 1 aromatic rings. The van der Waals surface area contributed by atoms with Crippen LogP contribution in [0.3, 0.4) is 0 Å². The molecule has 0 fully saturated rings. The molecule has 0 spiro atoms. The van der Waals surface area contributed by atoms with Gasteiger partial charge in [-0.25, -0.2) is 4.79 Å². The Labute approximate surface area is 99.1 Å². The van der Waals surface area contributed by atoms with E-state index in [0.717, 1.165) is 0 Å². The van der Waals surface area contributed by atoms with Gasteiger partial charge in [-0.05, 0) is 12.1 Å². The number of carbonyl (C=O) groups excluding carboxylic acids is 2. The molecule has 0 saturated heterocycles. The summed E-state index contributed by atoms with van der Waals surface area (Å²) in [5, 5.41) is 5.27. The molecule has 1 rings (SSSR count). The first kappa shape index (κ1) is 12.8. The molecule has 17 heavy (non-hydrogen) atoms. The van der Waals surface area contributed by atoms with E-state index in [1.807, 2.05) is 0 Å². The Hall–Kier alpha value is -2.24. The second kappa shape index (κ2) is 5.74. The molecule has 6 heteroatoms. The van der Waals surface area contributed by atoms with Crippen LogP contribution >= 0.6 is 0 Å². The normalized spacial score (nSPS) is 9.53. The van der Waals surface area contributed by atoms with Crippen molar-refractivity contribution < 1.29 is 14.3 Å². The van der Waals surface area contributed by atoms with Crippen molar-refractivity contribution in [2.24, 2.45) is 0 Å². The molecule has 1 amide bonds. The van der Waals surface area contributed by atoms with E-state index in [4.69, 9.17) is 5.73 Å². The lowest BCUT2D eigenvalue weighted by molar-refractivity contribution is -0.118. The van der Waals surface area contributed by atoms with Crippen molar-refractivity contribution in [3.63, 3.8) is 0 Å². The van der Waals surface area contributed by atoms with Gasteiger partial charge in [-0.15, -0.1) is 0 Å². The number of likely N-dealkylation sites (N-methyl/N-ethyl adjacent to an activating group) is 1. The number of hydrogen-bond donors (Lipinski definition) is 3. The Balaban J connectivity index is 2.95. The van der Waals surface area contributed by atoms with E-state index in [9.17, 15) is 9.59 Å². The molecule has 0 aliphatic rings. The first-order chi connectivity index (χ1) is 8.10. The molecule has 92 valence electrons. The third kappa shape index (κ3) is 3.10. The van der Waals surface area contributed by atoms with Gasteiger partial charge in [-0.1, -0.05) is 6.07 Å². The Kier molecular flexibility index (Phi) is 4.33. The molecule has 0 heterocycles. The highest BCUT2D eigenvalue weighted by Crippen LogP contribution is 2.23. The van der Waals surface area contributed by atoms with Crippen molar-refractivity contribution in [3.8, 4) is 0 Å². The Morgan fingerprint density at radius 1 is 1.41 bits per heavy atom. The van der Waals surface area contributed by atoms with Crippen molar-refractivity contribution in [3.05, 3.63) is 23.8 Å². The molecule has 0 radical (unpaired) electrons. The number of esters is 1. The van der Waals surface area contributed by atoms with Crippen LogP contribution in [0.4, 0.5) is 11.4 Å². The number of para-hydroxylation sites is 1. The van der Waals surface area contributed by atoms with Crippen LogP contribution in [0.25, 0.3) is 0 Å². The topological polar surface area (TPSA) is 93.5 Å². The summed E-state index contributed by atoms with van der Waals surface area (Å²) in [6.45, 7) is 0.0364. The lowest BCUT2D eigenvalue weighted by atomic mass is 10.1. The molecule has 0 aliphatic heterocycles. The smallest absolute Gasteiger partial charge is 0.340 e. The molecular formula is C11H15N3O3. The third-order valence-corrected chi connectivity index (χ3v) is 2.21. The molecule has 0 aromatic heterocycles. The maximum absolute atomic E-state index is 11.5. The van der Waals surface area contributed by atoms with E-state index in [1.54, 1.807) is 18.2 Å². The number of amides is 1. The standard InChI is InChI=1S/C11H15N3O3/c1-13-9(15)6-14-10-7(11(16)17-2)4-3-5-8(10)12/h3-5,14H,6,12H2,1-2H3,(H,13,15). The van der Waals surface area contributed by atoms with Crippen LogP contribution in [0.5, 0.6) is 0 Å². The number of nitrogen functional groups attached to an aromatic ring is 1. The van der Waals surface area contributed by atoms with Gasteiger partial charge in [-0.2, -0.15) is 0 Å². The summed E-state index contributed by atoms with van der Waals surface area (Å²) in [5.41, 5.74) is 6.83. The van der Waals surface area contributed by atoms with Crippen LogP contribution in [0.15, 0.2) is 18.2 Å². The quantitative estimate of drug-likeness (QED) is 0.514. The molecule has 0 aliphatic carbocycles. The molecule has 6 nitrogen and oxygen atoms in total. The summed E-state index contributed by atoms with van der Waals surface area (Å²) in [6.07, 6.45) is 0. The summed E-state index contributed by atoms with van der Waals surface area (Å²) in [5.74, 6) is -0.708. The second-order valence-corrected chi connectivity index (χ2v) is 3.29. The number of methoxy groups -OCH3 is 1. The number of hydrogen-bond acceptors (Lipinski definition) is 5. The highest BCUT2D eigenvalue weighted by Gasteiger charge is 2.14. The predicted molar refractivity (Wildman–Crippen MR) is 64.8 cm³/mol. The maximum atomic E-state index is 11.5. The van der Waals surface area contributed by atoms with E-state index in [0.29, 0.717) is 16.9 Å². The molecule has 0 bridgehead atoms. The molecule has 0 saturated carbocycles. The highest BCUT2D eigenvalue weighted by atomic mass is 16.5. The minimum absolute atomic E-state index is 0.0364. The van der Waals surface area contributed by atoms with Gasteiger partial charge in [0.25, 0.3) is 0 Å². The number of carbonyl (C=O) groups is 2. The number of nitrogens with one attached hydrogen (secondary N) is 2. The van der Waals surface area contributed by atoms with E-state index in [2.05, 4.69) is 15.4 Å². The SMILES string of the molecule is CNC(=O)CNc1c(N)cccc1C(=O)OC. The molecule has 4 N–H and O–H groups in total. The minimum atomic E-state index is -0.503. The van der Waals surface area contributed by atoms with Crippen LogP contribution in [0, 0.1) is 0 Å². The minimum Gasteiger partial charge on any atom is -0.465 e. The summed E-state index contributed by atoms with van der Waals surface area (Å²) in [6, 6.07) is 4.86. The van der Waals surface area contributed by atoms with Crippen LogP contribution in [-0.2, 0) is 9.53 Å². The predicted octanol–water partition coefficient (Wildman–Crippen LogP) is 0.213. The number of ether oxygens (including phenoxy) is 1. The van der Waals surface area contributed by atoms with Crippen molar-refractivity contribution in [1.29, 1.82) is 0 Å². The third-order valence-electron chi connectivity index (χ3n) is 2.21. The second-order valence-electron chi connectivity index (χ2n) is 3.29. The van der Waals surface area contributed by atoms with Crippen molar-refractivity contribution >= 4 is 23.3 Å². The zero-order valence-electron chi connectivity index (χ0n) is 9.74. The van der Waals surface area contributed by atoms with Gasteiger partial charge >= 0.3 is 5.97 Å². The summed E-state index contributed by atoms with van der Waals surface area (Å²) in [7, 11) is 2.81. The van der Waals surface area contributed by atoms with E-state index < -0.39 is 5.97 Å². The van der Waals surface area contributed by atoms with Crippen molar-refractivity contribution in [1.82, 2.24) is 5.32 Å². The average molecular weight is 237 g/mol. The molecule has 1 aromatic carbocycles. The fraction of sp³-hybridized carbons (Fsp3) is 0.273. The van der Waals surface area contributed by atoms with E-state index in [1.165, 1.54) is 14.2 Å². The number of benzene rings is 1. The molecular weight excluding hydrogens is 222 g/mol. The fourth-order valence-corrected chi connectivity index (χ4v) is 1.30. The van der Waals surface area contributed by atoms with Crippen LogP contribution < -0.4 is 16.4 Å². The van der Waals surface area contributed by atoms with Gasteiger partial charge in [0.05, 0.1) is 30.6 Å². The van der Waals surface area contributed by atoms with Crippen LogP contribution in [0.2, 0.25) is 0 Å².